The van der Waals surface area contributed by atoms with Crippen molar-refractivity contribution in [3.8, 4) is 0 Å². The minimum atomic E-state index is -1.70. The molecule has 0 aromatic heterocycles. The zero-order valence-electron chi connectivity index (χ0n) is 38.9. The highest BCUT2D eigenvalue weighted by Crippen LogP contribution is 2.26. The van der Waals surface area contributed by atoms with E-state index < -0.39 is 80.7 Å². The van der Waals surface area contributed by atoms with Gasteiger partial charge in [-0.1, -0.05) is 181 Å². The highest BCUT2D eigenvalue weighted by molar-refractivity contribution is 5.69. The van der Waals surface area contributed by atoms with Gasteiger partial charge in [0.2, 0.25) is 0 Å². The average Bonchev–Trinajstić information content (AvgIpc) is 3.27. The second kappa shape index (κ2) is 37.1. The van der Waals surface area contributed by atoms with Gasteiger partial charge in [-0.25, -0.2) is 0 Å². The number of aliphatic hydroxyl groups is 7. The molecule has 0 aromatic carbocycles. The number of ether oxygens (including phenoxy) is 6. The van der Waals surface area contributed by atoms with Crippen molar-refractivity contribution < 1.29 is 69.0 Å². The Bertz CT molecular complexity index is 1040. The van der Waals surface area contributed by atoms with Crippen LogP contribution in [0.2, 0.25) is 0 Å². The van der Waals surface area contributed by atoms with Crippen LogP contribution >= 0.6 is 0 Å². The molecule has 0 saturated carbocycles. The molecule has 11 atom stereocenters. The molecule has 2 fully saturated rings. The molecule has 14 nitrogen and oxygen atoms in total. The standard InChI is InChI=1S/C48H92O14/c1-3-5-7-9-11-13-14-15-16-17-18-19-20-21-22-23-24-25-27-29-31-40(50)60-37(34-57-32-30-28-26-12-10-8-6-4-2)35-58-47-46(56)44(54)42(52)39(62-47)36-59-48-45(55)43(53)41(51)38(33-49)61-48/h37-39,41-49,51-56H,3-36H2,1-2H3. The number of hydrogen-bond donors (Lipinski definition) is 7. The quantitative estimate of drug-likeness (QED) is 0.0246. The first kappa shape index (κ1) is 57.1. The minimum Gasteiger partial charge on any atom is -0.457 e. The Labute approximate surface area is 374 Å². The Morgan fingerprint density at radius 3 is 1.31 bits per heavy atom. The number of carbonyl (C=O) groups excluding carboxylic acids is 1. The Kier molecular flexibility index (Phi) is 34.2. The van der Waals surface area contributed by atoms with Crippen LogP contribution in [-0.2, 0) is 33.2 Å². The van der Waals surface area contributed by atoms with Crippen LogP contribution < -0.4 is 0 Å². The van der Waals surface area contributed by atoms with Gasteiger partial charge in [-0.15, -0.1) is 0 Å². The summed E-state index contributed by atoms with van der Waals surface area (Å²) in [6, 6.07) is 0. The number of rotatable bonds is 40. The maximum atomic E-state index is 13.0. The summed E-state index contributed by atoms with van der Waals surface area (Å²) < 4.78 is 34.1. The van der Waals surface area contributed by atoms with Gasteiger partial charge < -0.3 is 64.2 Å². The van der Waals surface area contributed by atoms with E-state index in [4.69, 9.17) is 28.4 Å². The van der Waals surface area contributed by atoms with E-state index in [9.17, 15) is 40.5 Å². The molecule has 0 bridgehead atoms. The van der Waals surface area contributed by atoms with Crippen molar-refractivity contribution >= 4 is 5.97 Å². The Hall–Kier alpha value is -1.01. The van der Waals surface area contributed by atoms with E-state index in [0.717, 1.165) is 44.9 Å². The molecule has 2 aliphatic rings. The van der Waals surface area contributed by atoms with E-state index in [-0.39, 0.29) is 25.6 Å². The van der Waals surface area contributed by atoms with Crippen molar-refractivity contribution in [3.05, 3.63) is 0 Å². The summed E-state index contributed by atoms with van der Waals surface area (Å²) in [6.07, 6.45) is 19.0. The highest BCUT2D eigenvalue weighted by Gasteiger charge is 2.47. The van der Waals surface area contributed by atoms with Gasteiger partial charge in [0.1, 0.15) is 54.9 Å². The largest absolute Gasteiger partial charge is 0.457 e. The molecule has 14 heteroatoms. The van der Waals surface area contributed by atoms with E-state index in [1.54, 1.807) is 0 Å². The molecule has 62 heavy (non-hydrogen) atoms. The molecule has 2 aliphatic heterocycles. The average molecular weight is 893 g/mol. The molecule has 0 aliphatic carbocycles. The normalized spacial score (nSPS) is 27.1. The summed E-state index contributed by atoms with van der Waals surface area (Å²) in [5.74, 6) is -0.372. The summed E-state index contributed by atoms with van der Waals surface area (Å²) in [5.41, 5.74) is 0. The fourth-order valence-corrected chi connectivity index (χ4v) is 8.23. The van der Waals surface area contributed by atoms with Crippen LogP contribution in [0.15, 0.2) is 0 Å². The van der Waals surface area contributed by atoms with Crippen molar-refractivity contribution in [2.45, 2.75) is 268 Å². The monoisotopic (exact) mass is 893 g/mol. The van der Waals surface area contributed by atoms with Crippen molar-refractivity contribution in [1.82, 2.24) is 0 Å². The second-order valence-electron chi connectivity index (χ2n) is 18.0. The first-order chi connectivity index (χ1) is 30.1. The third-order valence-corrected chi connectivity index (χ3v) is 12.4. The van der Waals surface area contributed by atoms with Crippen LogP contribution in [0.1, 0.15) is 200 Å². The van der Waals surface area contributed by atoms with Crippen LogP contribution in [0.3, 0.4) is 0 Å². The van der Waals surface area contributed by atoms with Gasteiger partial charge in [-0.2, -0.15) is 0 Å². The van der Waals surface area contributed by atoms with Crippen LogP contribution in [0.5, 0.6) is 0 Å². The van der Waals surface area contributed by atoms with E-state index in [1.165, 1.54) is 135 Å². The highest BCUT2D eigenvalue weighted by atomic mass is 16.7. The van der Waals surface area contributed by atoms with E-state index in [1.807, 2.05) is 0 Å². The summed E-state index contributed by atoms with van der Waals surface area (Å²) in [7, 11) is 0. The zero-order valence-corrected chi connectivity index (χ0v) is 38.9. The van der Waals surface area contributed by atoms with Crippen molar-refractivity contribution in [2.24, 2.45) is 0 Å². The SMILES string of the molecule is CCCCCCCCCCCCCCCCCCCCCCC(=O)OC(COCCCCCCCCCC)COC1OC(COC2OC(CO)C(O)C(O)C2O)C(O)C(O)C1O. The molecule has 7 N–H and O–H groups in total. The Morgan fingerprint density at radius 1 is 0.468 bits per heavy atom. The number of unbranched alkanes of at least 4 members (excludes halogenated alkanes) is 26. The van der Waals surface area contributed by atoms with Gasteiger partial charge in [-0.05, 0) is 12.8 Å². The zero-order chi connectivity index (χ0) is 45.2. The number of carbonyl (C=O) groups is 1. The summed E-state index contributed by atoms with van der Waals surface area (Å²) >= 11 is 0. The van der Waals surface area contributed by atoms with E-state index in [0.29, 0.717) is 6.61 Å². The molecule has 2 saturated heterocycles. The molecular weight excluding hydrogens is 801 g/mol. The van der Waals surface area contributed by atoms with Crippen molar-refractivity contribution in [2.75, 3.05) is 33.0 Å². The van der Waals surface area contributed by atoms with Gasteiger partial charge in [0.05, 0.1) is 26.4 Å². The Balaban J connectivity index is 1.71. The molecule has 11 unspecified atom stereocenters. The lowest BCUT2D eigenvalue weighted by atomic mass is 9.98. The van der Waals surface area contributed by atoms with Crippen LogP contribution in [0, 0.1) is 0 Å². The fourth-order valence-electron chi connectivity index (χ4n) is 8.23. The molecular formula is C48H92O14. The maximum Gasteiger partial charge on any atom is 0.306 e. The number of aliphatic hydroxyl groups excluding tert-OH is 7. The maximum absolute atomic E-state index is 13.0. The molecule has 0 amide bonds. The first-order valence-electron chi connectivity index (χ1n) is 25.1. The topological polar surface area (TPSA) is 214 Å². The lowest BCUT2D eigenvalue weighted by Gasteiger charge is -2.42. The van der Waals surface area contributed by atoms with E-state index in [2.05, 4.69) is 13.8 Å². The lowest BCUT2D eigenvalue weighted by molar-refractivity contribution is -0.332. The molecule has 0 spiro atoms. The molecule has 368 valence electrons. The van der Waals surface area contributed by atoms with E-state index >= 15 is 0 Å². The third kappa shape index (κ3) is 25.0. The smallest absolute Gasteiger partial charge is 0.306 e. The van der Waals surface area contributed by atoms with Gasteiger partial charge in [0.15, 0.2) is 12.6 Å². The van der Waals surface area contributed by atoms with Crippen molar-refractivity contribution in [1.29, 1.82) is 0 Å². The Morgan fingerprint density at radius 2 is 0.855 bits per heavy atom. The summed E-state index contributed by atoms with van der Waals surface area (Å²) in [6.45, 7) is 3.69. The predicted molar refractivity (Wildman–Crippen MR) is 238 cm³/mol. The van der Waals surface area contributed by atoms with Gasteiger partial charge in [0, 0.05) is 13.0 Å². The third-order valence-electron chi connectivity index (χ3n) is 12.4. The summed E-state index contributed by atoms with van der Waals surface area (Å²) in [5, 5.41) is 71.9. The fraction of sp³-hybridized carbons (Fsp3) is 0.979. The van der Waals surface area contributed by atoms with Crippen LogP contribution in [0.25, 0.3) is 0 Å². The van der Waals surface area contributed by atoms with Gasteiger partial charge >= 0.3 is 5.97 Å². The molecule has 0 aromatic rings. The predicted octanol–water partition coefficient (Wildman–Crippen LogP) is 6.91. The molecule has 2 heterocycles. The van der Waals surface area contributed by atoms with Crippen LogP contribution in [0.4, 0.5) is 0 Å². The van der Waals surface area contributed by atoms with Crippen LogP contribution in [-0.4, -0.2) is 142 Å². The first-order valence-corrected chi connectivity index (χ1v) is 25.1. The molecule has 2 rings (SSSR count). The second-order valence-corrected chi connectivity index (χ2v) is 18.0. The lowest BCUT2D eigenvalue weighted by Crippen LogP contribution is -2.61. The van der Waals surface area contributed by atoms with Gasteiger partial charge in [0.25, 0.3) is 0 Å². The van der Waals surface area contributed by atoms with Crippen molar-refractivity contribution in [3.63, 3.8) is 0 Å². The van der Waals surface area contributed by atoms with Gasteiger partial charge in [-0.3, -0.25) is 4.79 Å². The number of hydrogen-bond acceptors (Lipinski definition) is 14. The molecule has 0 radical (unpaired) electrons. The minimum absolute atomic E-state index is 0.0686. The summed E-state index contributed by atoms with van der Waals surface area (Å²) in [4.78, 5) is 13.0. The number of esters is 1.